The third kappa shape index (κ3) is 5.33. The topological polar surface area (TPSA) is 58.0 Å². The van der Waals surface area contributed by atoms with Gasteiger partial charge in [-0.3, -0.25) is 0 Å². The van der Waals surface area contributed by atoms with Crippen LogP contribution in [0.3, 0.4) is 0 Å². The molecule has 0 aliphatic carbocycles. The maximum absolute atomic E-state index is 10.0. The molecule has 108 valence electrons. The molecule has 0 saturated heterocycles. The molecule has 2 N–H and O–H groups in total. The number of hydrogen-bond donors (Lipinski definition) is 2. The first kappa shape index (κ1) is 16.2. The standard InChI is InChI=1S/C14H24ClN3O/c1-9(2)11-12(15)17-8-18-13(11)16-7-10(19)6-14(3,4)5/h8-10,19H,6-7H2,1-5H3,(H,16,17,18). The van der Waals surface area contributed by atoms with Crippen LogP contribution < -0.4 is 5.32 Å². The highest BCUT2D eigenvalue weighted by molar-refractivity contribution is 6.30. The summed E-state index contributed by atoms with van der Waals surface area (Å²) in [6, 6.07) is 0. The molecule has 0 aliphatic heterocycles. The van der Waals surface area contributed by atoms with Crippen molar-refractivity contribution >= 4 is 17.4 Å². The molecule has 1 atom stereocenters. The molecule has 0 radical (unpaired) electrons. The van der Waals surface area contributed by atoms with Crippen molar-refractivity contribution in [2.75, 3.05) is 11.9 Å². The van der Waals surface area contributed by atoms with Crippen LogP contribution in [-0.4, -0.2) is 27.7 Å². The minimum Gasteiger partial charge on any atom is -0.391 e. The van der Waals surface area contributed by atoms with Crippen molar-refractivity contribution in [2.45, 2.75) is 53.1 Å². The molecule has 0 amide bonds. The number of halogens is 1. The van der Waals surface area contributed by atoms with Crippen LogP contribution in [0.5, 0.6) is 0 Å². The summed E-state index contributed by atoms with van der Waals surface area (Å²) in [5.41, 5.74) is 0.998. The van der Waals surface area contributed by atoms with E-state index in [1.807, 2.05) is 13.8 Å². The van der Waals surface area contributed by atoms with Crippen LogP contribution in [0.4, 0.5) is 5.82 Å². The van der Waals surface area contributed by atoms with Crippen LogP contribution in [0.1, 0.15) is 52.5 Å². The van der Waals surface area contributed by atoms with Crippen LogP contribution in [-0.2, 0) is 0 Å². The lowest BCUT2D eigenvalue weighted by atomic mass is 9.89. The SMILES string of the molecule is CC(C)c1c(Cl)ncnc1NCC(O)CC(C)(C)C. The van der Waals surface area contributed by atoms with E-state index in [4.69, 9.17) is 11.6 Å². The Morgan fingerprint density at radius 3 is 2.47 bits per heavy atom. The number of aromatic nitrogens is 2. The van der Waals surface area contributed by atoms with E-state index in [1.165, 1.54) is 6.33 Å². The van der Waals surface area contributed by atoms with E-state index in [0.717, 1.165) is 12.0 Å². The van der Waals surface area contributed by atoms with Gasteiger partial charge in [0.25, 0.3) is 0 Å². The van der Waals surface area contributed by atoms with E-state index in [1.54, 1.807) is 0 Å². The average molecular weight is 286 g/mol. The normalized spacial score (nSPS) is 13.7. The fourth-order valence-electron chi connectivity index (χ4n) is 2.02. The first-order valence-corrected chi connectivity index (χ1v) is 7.01. The van der Waals surface area contributed by atoms with Crippen molar-refractivity contribution in [1.82, 2.24) is 9.97 Å². The smallest absolute Gasteiger partial charge is 0.138 e. The lowest BCUT2D eigenvalue weighted by molar-refractivity contribution is 0.132. The molecule has 0 fully saturated rings. The molecule has 0 saturated carbocycles. The second-order valence-electron chi connectivity index (χ2n) is 6.38. The lowest BCUT2D eigenvalue weighted by Gasteiger charge is -2.23. The molecule has 0 aliphatic rings. The van der Waals surface area contributed by atoms with Gasteiger partial charge >= 0.3 is 0 Å². The van der Waals surface area contributed by atoms with Crippen LogP contribution >= 0.6 is 11.6 Å². The summed E-state index contributed by atoms with van der Waals surface area (Å²) in [5.74, 6) is 0.943. The third-order valence-electron chi connectivity index (χ3n) is 2.77. The van der Waals surface area contributed by atoms with Crippen molar-refractivity contribution < 1.29 is 5.11 Å². The Morgan fingerprint density at radius 2 is 1.95 bits per heavy atom. The Morgan fingerprint density at radius 1 is 1.32 bits per heavy atom. The zero-order valence-corrected chi connectivity index (χ0v) is 13.1. The van der Waals surface area contributed by atoms with Crippen molar-refractivity contribution in [3.63, 3.8) is 0 Å². The van der Waals surface area contributed by atoms with Gasteiger partial charge in [0.1, 0.15) is 17.3 Å². The molecule has 0 bridgehead atoms. The predicted molar refractivity (Wildman–Crippen MR) is 79.7 cm³/mol. The first-order valence-electron chi connectivity index (χ1n) is 6.63. The van der Waals surface area contributed by atoms with Crippen molar-refractivity contribution in [3.8, 4) is 0 Å². The molecule has 1 heterocycles. The molecule has 19 heavy (non-hydrogen) atoms. The largest absolute Gasteiger partial charge is 0.391 e. The fraction of sp³-hybridized carbons (Fsp3) is 0.714. The minimum atomic E-state index is -0.409. The van der Waals surface area contributed by atoms with E-state index in [-0.39, 0.29) is 11.3 Å². The van der Waals surface area contributed by atoms with E-state index in [2.05, 4.69) is 36.1 Å². The summed E-state index contributed by atoms with van der Waals surface area (Å²) < 4.78 is 0. The minimum absolute atomic E-state index is 0.102. The second kappa shape index (κ2) is 6.53. The molecule has 4 nitrogen and oxygen atoms in total. The predicted octanol–water partition coefficient (Wildman–Crippen LogP) is 3.46. The highest BCUT2D eigenvalue weighted by atomic mass is 35.5. The van der Waals surface area contributed by atoms with Gasteiger partial charge < -0.3 is 10.4 Å². The van der Waals surface area contributed by atoms with Gasteiger partial charge in [0.05, 0.1) is 6.10 Å². The van der Waals surface area contributed by atoms with Gasteiger partial charge in [-0.15, -0.1) is 0 Å². The zero-order chi connectivity index (χ0) is 14.6. The molecule has 0 spiro atoms. The van der Waals surface area contributed by atoms with Gasteiger partial charge in [-0.05, 0) is 17.8 Å². The Bertz CT molecular complexity index is 416. The van der Waals surface area contributed by atoms with E-state index < -0.39 is 6.10 Å². The molecular weight excluding hydrogens is 262 g/mol. The quantitative estimate of drug-likeness (QED) is 0.814. The van der Waals surface area contributed by atoms with Crippen molar-refractivity contribution in [3.05, 3.63) is 17.0 Å². The molecule has 0 aromatic carbocycles. The number of anilines is 1. The van der Waals surface area contributed by atoms with Crippen molar-refractivity contribution in [2.24, 2.45) is 5.41 Å². The zero-order valence-electron chi connectivity index (χ0n) is 12.4. The molecule has 5 heteroatoms. The summed E-state index contributed by atoms with van der Waals surface area (Å²) in [5, 5.41) is 13.6. The maximum atomic E-state index is 10.0. The summed E-state index contributed by atoms with van der Waals surface area (Å²) in [4.78, 5) is 8.21. The number of rotatable bonds is 5. The Balaban J connectivity index is 2.70. The summed E-state index contributed by atoms with van der Waals surface area (Å²) >= 11 is 6.09. The summed E-state index contributed by atoms with van der Waals surface area (Å²) in [6.45, 7) is 10.9. The van der Waals surface area contributed by atoms with Crippen LogP contribution in [0, 0.1) is 5.41 Å². The maximum Gasteiger partial charge on any atom is 0.138 e. The van der Waals surface area contributed by atoms with E-state index >= 15 is 0 Å². The molecular formula is C14H24ClN3O. The van der Waals surface area contributed by atoms with Gasteiger partial charge in [0.15, 0.2) is 0 Å². The number of nitrogens with one attached hydrogen (secondary N) is 1. The first-order chi connectivity index (χ1) is 8.70. The van der Waals surface area contributed by atoms with Crippen LogP contribution in [0.25, 0.3) is 0 Å². The number of aliphatic hydroxyl groups is 1. The fourth-order valence-corrected chi connectivity index (χ4v) is 2.37. The molecule has 1 rings (SSSR count). The average Bonchev–Trinajstić information content (AvgIpc) is 2.23. The summed E-state index contributed by atoms with van der Waals surface area (Å²) in [6.07, 6.45) is 1.76. The Hall–Kier alpha value is -0.870. The monoisotopic (exact) mass is 285 g/mol. The summed E-state index contributed by atoms with van der Waals surface area (Å²) in [7, 11) is 0. The van der Waals surface area contributed by atoms with Crippen LogP contribution in [0.2, 0.25) is 5.15 Å². The van der Waals surface area contributed by atoms with Crippen molar-refractivity contribution in [1.29, 1.82) is 0 Å². The van der Waals surface area contributed by atoms with Gasteiger partial charge in [-0.2, -0.15) is 0 Å². The highest BCUT2D eigenvalue weighted by Gasteiger charge is 2.18. The Labute approximate surface area is 120 Å². The highest BCUT2D eigenvalue weighted by Crippen LogP contribution is 2.28. The number of nitrogens with zero attached hydrogens (tertiary/aromatic N) is 2. The van der Waals surface area contributed by atoms with Gasteiger partial charge in [-0.1, -0.05) is 46.2 Å². The van der Waals surface area contributed by atoms with Gasteiger partial charge in [-0.25, -0.2) is 9.97 Å². The van der Waals surface area contributed by atoms with Gasteiger partial charge in [0, 0.05) is 12.1 Å². The second-order valence-corrected chi connectivity index (χ2v) is 6.74. The molecule has 1 aromatic rings. The lowest BCUT2D eigenvalue weighted by Crippen LogP contribution is -2.26. The van der Waals surface area contributed by atoms with E-state index in [0.29, 0.717) is 17.5 Å². The number of hydrogen-bond acceptors (Lipinski definition) is 4. The number of aliphatic hydroxyl groups excluding tert-OH is 1. The van der Waals surface area contributed by atoms with Gasteiger partial charge in [0.2, 0.25) is 0 Å². The Kier molecular flexibility index (Phi) is 5.56. The third-order valence-corrected chi connectivity index (χ3v) is 3.07. The molecule has 1 aromatic heterocycles. The molecule has 1 unspecified atom stereocenters. The van der Waals surface area contributed by atoms with E-state index in [9.17, 15) is 5.11 Å². The van der Waals surface area contributed by atoms with Crippen LogP contribution in [0.15, 0.2) is 6.33 Å².